The first-order valence-electron chi connectivity index (χ1n) is 20.6. The van der Waals surface area contributed by atoms with Crippen LogP contribution in [0.4, 0.5) is 5.69 Å². The van der Waals surface area contributed by atoms with Crippen LogP contribution in [0, 0.1) is 27.9 Å². The van der Waals surface area contributed by atoms with Crippen molar-refractivity contribution in [2.24, 2.45) is 22.9 Å². The molecule has 1 saturated carbocycles. The number of nitro benzene ring substituents is 1. The minimum atomic E-state index is -1.09. The summed E-state index contributed by atoms with van der Waals surface area (Å²) in [5.74, 6) is 1.23. The zero-order valence-corrected chi connectivity index (χ0v) is 33.8. The van der Waals surface area contributed by atoms with Gasteiger partial charge in [0.25, 0.3) is 5.69 Å². The fraction of sp³-hybridized carbons (Fsp3) is 0.523. The molecule has 2 aliphatic heterocycles. The monoisotopic (exact) mass is 813 g/mol. The lowest BCUT2D eigenvalue weighted by molar-refractivity contribution is -0.384. The number of thioether (sulfide) groups is 1. The van der Waals surface area contributed by atoms with Crippen LogP contribution in [0.3, 0.4) is 0 Å². The van der Waals surface area contributed by atoms with Gasteiger partial charge in [0.15, 0.2) is 0 Å². The van der Waals surface area contributed by atoms with Crippen molar-refractivity contribution in [2.75, 3.05) is 51.8 Å². The Morgan fingerprint density at radius 2 is 1.90 bits per heavy atom. The van der Waals surface area contributed by atoms with E-state index in [0.29, 0.717) is 32.3 Å². The number of aromatic nitrogens is 2. The van der Waals surface area contributed by atoms with Crippen LogP contribution >= 0.6 is 11.8 Å². The molecule has 310 valence electrons. The molecule has 6 unspecified atom stereocenters. The van der Waals surface area contributed by atoms with E-state index in [9.17, 15) is 20.3 Å². The largest absolute Gasteiger partial charge is 0.492 e. The van der Waals surface area contributed by atoms with E-state index >= 15 is 0 Å². The summed E-state index contributed by atoms with van der Waals surface area (Å²) in [6.45, 7) is 8.43. The van der Waals surface area contributed by atoms with E-state index in [2.05, 4.69) is 33.6 Å². The number of fused-ring (bicyclic) bond motifs is 2. The van der Waals surface area contributed by atoms with E-state index in [-0.39, 0.29) is 61.0 Å². The third-order valence-corrected chi connectivity index (χ3v) is 13.0. The van der Waals surface area contributed by atoms with Gasteiger partial charge in [-0.2, -0.15) is 11.8 Å². The van der Waals surface area contributed by atoms with Crippen molar-refractivity contribution in [2.45, 2.75) is 74.9 Å². The van der Waals surface area contributed by atoms with Crippen molar-refractivity contribution >= 4 is 23.2 Å². The Morgan fingerprint density at radius 3 is 2.62 bits per heavy atom. The highest BCUT2D eigenvalue weighted by Crippen LogP contribution is 2.62. The predicted molar refractivity (Wildman–Crippen MR) is 223 cm³/mol. The zero-order chi connectivity index (χ0) is 40.3. The molecular weight excluding hydrogens is 759 g/mol. The normalized spacial score (nSPS) is 25.2. The SMILES string of the molecule is C=CCOC12Oc3ccc(OCCN4CC4)cc3C3C(CCCCO)C(CCCCO)C=C(C(=NOCc4ccc([N+](=O)[O-])cc4)CC1SCCc1cnccn1)C32. The maximum Gasteiger partial charge on any atom is 0.269 e. The number of nitrogens with zero attached hydrogens (tertiary/aromatic N) is 5. The van der Waals surface area contributed by atoms with Gasteiger partial charge in [-0.3, -0.25) is 25.0 Å². The van der Waals surface area contributed by atoms with Crippen LogP contribution in [0.2, 0.25) is 0 Å². The summed E-state index contributed by atoms with van der Waals surface area (Å²) >= 11 is 1.77. The number of benzene rings is 2. The molecule has 2 aromatic carbocycles. The molecule has 1 saturated heterocycles. The molecule has 58 heavy (non-hydrogen) atoms. The summed E-state index contributed by atoms with van der Waals surface area (Å²) in [7, 11) is 0. The van der Waals surface area contributed by atoms with Crippen LogP contribution in [0.15, 0.2) is 90.5 Å². The highest BCUT2D eigenvalue weighted by Gasteiger charge is 2.64. The first kappa shape index (κ1) is 41.8. The van der Waals surface area contributed by atoms with Gasteiger partial charge in [0, 0.05) is 87.9 Å². The maximum atomic E-state index is 11.3. The van der Waals surface area contributed by atoms with Crippen molar-refractivity contribution in [1.82, 2.24) is 14.9 Å². The van der Waals surface area contributed by atoms with Crippen LogP contribution in [0.1, 0.15) is 67.7 Å². The molecule has 3 heterocycles. The second-order valence-corrected chi connectivity index (χ2v) is 16.8. The molecule has 2 fully saturated rings. The number of rotatable bonds is 23. The van der Waals surface area contributed by atoms with E-state index in [1.54, 1.807) is 48.6 Å². The Balaban J connectivity index is 1.32. The lowest BCUT2D eigenvalue weighted by Crippen LogP contribution is -2.64. The van der Waals surface area contributed by atoms with Crippen LogP contribution in [0.5, 0.6) is 11.5 Å². The number of allylic oxidation sites excluding steroid dienone is 1. The van der Waals surface area contributed by atoms with Gasteiger partial charge in [-0.25, -0.2) is 0 Å². The molecule has 1 aromatic heterocycles. The van der Waals surface area contributed by atoms with Gasteiger partial charge in [-0.15, -0.1) is 6.58 Å². The van der Waals surface area contributed by atoms with Gasteiger partial charge in [-0.1, -0.05) is 30.1 Å². The second kappa shape index (κ2) is 20.1. The summed E-state index contributed by atoms with van der Waals surface area (Å²) in [6, 6.07) is 12.5. The molecule has 6 atom stereocenters. The topological polar surface area (TPSA) is 162 Å². The van der Waals surface area contributed by atoms with Crippen molar-refractivity contribution in [3.8, 4) is 11.5 Å². The molecule has 3 aromatic rings. The number of aliphatic hydroxyl groups excluding tert-OH is 2. The number of non-ortho nitro benzene ring substituents is 1. The molecule has 0 radical (unpaired) electrons. The molecule has 7 rings (SSSR count). The fourth-order valence-corrected chi connectivity index (χ4v) is 10.2. The zero-order valence-electron chi connectivity index (χ0n) is 33.0. The summed E-state index contributed by atoms with van der Waals surface area (Å²) in [5.41, 5.74) is 4.63. The number of ether oxygens (including phenoxy) is 3. The highest BCUT2D eigenvalue weighted by atomic mass is 32.2. The Morgan fingerprint density at radius 1 is 1.09 bits per heavy atom. The van der Waals surface area contributed by atoms with Gasteiger partial charge in [-0.05, 0) is 84.7 Å². The maximum absolute atomic E-state index is 11.3. The third kappa shape index (κ3) is 9.91. The van der Waals surface area contributed by atoms with Crippen molar-refractivity contribution in [3.05, 3.63) is 112 Å². The first-order valence-corrected chi connectivity index (χ1v) is 21.6. The molecule has 0 amide bonds. The Kier molecular flexibility index (Phi) is 14.5. The second-order valence-electron chi connectivity index (χ2n) is 15.5. The standard InChI is InChI=1S/C44H55N5O8S/c1-2-23-55-44-41(58-25-15-33-29-45-16-17-46-33)28-39(47-56-30-31-9-11-34(12-10-31)49(52)53)37-26-32(7-3-5-21-50)36(8-4-6-22-51)42(43(37)44)38-27-35(13-14-40(38)57-44)54-24-20-48-18-19-48/h2,9-14,16-17,26-27,29,32,36,41-43,50-51H,1,3-8,15,18-25,28,30H2. The lowest BCUT2D eigenvalue weighted by atomic mass is 9.56. The van der Waals surface area contributed by atoms with E-state index in [1.165, 1.54) is 12.1 Å². The lowest BCUT2D eigenvalue weighted by Gasteiger charge is -2.58. The van der Waals surface area contributed by atoms with Crippen LogP contribution in [-0.2, 0) is 22.6 Å². The minimum absolute atomic E-state index is 0.0190. The van der Waals surface area contributed by atoms with Gasteiger partial charge in [0.05, 0.1) is 34.1 Å². The molecule has 0 bridgehead atoms. The molecule has 13 nitrogen and oxygen atoms in total. The van der Waals surface area contributed by atoms with Gasteiger partial charge >= 0.3 is 0 Å². The molecule has 2 N–H and O–H groups in total. The molecule has 4 aliphatic rings. The van der Waals surface area contributed by atoms with E-state index in [0.717, 1.165) is 90.7 Å². The predicted octanol–water partition coefficient (Wildman–Crippen LogP) is 6.89. The number of unbranched alkanes of at least 4 members (excludes halogenated alkanes) is 2. The number of aliphatic hydroxyl groups is 2. The van der Waals surface area contributed by atoms with Gasteiger partial charge < -0.3 is 29.3 Å². The summed E-state index contributed by atoms with van der Waals surface area (Å²) < 4.78 is 20.7. The van der Waals surface area contributed by atoms with Crippen molar-refractivity contribution in [3.63, 3.8) is 0 Å². The molecule has 0 spiro atoms. The van der Waals surface area contributed by atoms with E-state index in [1.807, 2.05) is 12.1 Å². The van der Waals surface area contributed by atoms with E-state index < -0.39 is 10.7 Å². The average Bonchev–Trinajstić information content (AvgIpc) is 4.07. The van der Waals surface area contributed by atoms with E-state index in [4.69, 9.17) is 24.2 Å². The Bertz CT molecular complexity index is 1890. The van der Waals surface area contributed by atoms with Crippen LogP contribution in [-0.4, -0.2) is 98.6 Å². The van der Waals surface area contributed by atoms with Gasteiger partial charge in [0.1, 0.15) is 24.7 Å². The summed E-state index contributed by atoms with van der Waals surface area (Å²) in [6.07, 6.45) is 15.5. The smallest absolute Gasteiger partial charge is 0.269 e. The Labute approximate surface area is 344 Å². The number of hydrogen-bond donors (Lipinski definition) is 2. The number of nitro groups is 1. The third-order valence-electron chi connectivity index (χ3n) is 11.7. The summed E-state index contributed by atoms with van der Waals surface area (Å²) in [5, 5.41) is 35.7. The molecule has 2 aliphatic carbocycles. The van der Waals surface area contributed by atoms with Crippen LogP contribution < -0.4 is 9.47 Å². The quantitative estimate of drug-likeness (QED) is 0.0336. The number of hydrogen-bond acceptors (Lipinski definition) is 13. The minimum Gasteiger partial charge on any atom is -0.492 e. The van der Waals surface area contributed by atoms with Crippen molar-refractivity contribution < 1.29 is 34.2 Å². The van der Waals surface area contributed by atoms with Crippen LogP contribution in [0.25, 0.3) is 0 Å². The molecule has 14 heteroatoms. The summed E-state index contributed by atoms with van der Waals surface area (Å²) in [4.78, 5) is 28.1. The highest BCUT2D eigenvalue weighted by molar-refractivity contribution is 8.00. The number of oxime groups is 1. The average molecular weight is 814 g/mol. The van der Waals surface area contributed by atoms with Crippen molar-refractivity contribution in [1.29, 1.82) is 0 Å². The Hall–Kier alpha value is -4.34. The molecular formula is C44H55N5O8S. The fourth-order valence-electron chi connectivity index (χ4n) is 8.82. The van der Waals surface area contributed by atoms with Gasteiger partial charge in [0.2, 0.25) is 5.79 Å². The first-order chi connectivity index (χ1) is 28.4. The number of aryl methyl sites for hydroxylation is 1.